The van der Waals surface area contributed by atoms with Gasteiger partial charge in [-0.25, -0.2) is 19.3 Å². The van der Waals surface area contributed by atoms with Crippen LogP contribution in [0.15, 0.2) is 60.7 Å². The van der Waals surface area contributed by atoms with Gasteiger partial charge in [0, 0.05) is 0 Å². The molecule has 3 rings (SSSR count). The van der Waals surface area contributed by atoms with Gasteiger partial charge in [0.05, 0.1) is 11.6 Å². The first-order valence-electron chi connectivity index (χ1n) is 12.4. The van der Waals surface area contributed by atoms with Crippen molar-refractivity contribution in [2.24, 2.45) is 0 Å². The highest BCUT2D eigenvalue weighted by molar-refractivity contribution is 5.98. The van der Waals surface area contributed by atoms with Gasteiger partial charge in [0.2, 0.25) is 0 Å². The SMILES string of the molecule is CC(C)(C)OC(=O)NC(C)(C)C(NC(=O)OCc1ccccc1)C(=O)N1C(=O)OCC1Cc1ccccc1. The van der Waals surface area contributed by atoms with Gasteiger partial charge in [-0.2, -0.15) is 0 Å². The highest BCUT2D eigenvalue weighted by Crippen LogP contribution is 2.22. The second-order valence-corrected chi connectivity index (χ2v) is 10.6. The molecular formula is C28H35N3O7. The molecule has 2 unspecified atom stereocenters. The summed E-state index contributed by atoms with van der Waals surface area (Å²) in [5.41, 5.74) is -0.513. The van der Waals surface area contributed by atoms with Crippen LogP contribution in [-0.4, -0.2) is 58.9 Å². The zero-order chi connectivity index (χ0) is 27.9. The first-order chi connectivity index (χ1) is 17.9. The van der Waals surface area contributed by atoms with E-state index in [1.165, 1.54) is 0 Å². The average molecular weight is 526 g/mol. The smallest absolute Gasteiger partial charge is 0.417 e. The van der Waals surface area contributed by atoms with E-state index in [1.807, 2.05) is 48.5 Å². The lowest BCUT2D eigenvalue weighted by atomic mass is 9.92. The van der Waals surface area contributed by atoms with Crippen molar-refractivity contribution in [3.8, 4) is 0 Å². The molecule has 0 bridgehead atoms. The Labute approximate surface area is 222 Å². The largest absolute Gasteiger partial charge is 0.447 e. The van der Waals surface area contributed by atoms with E-state index in [4.69, 9.17) is 14.2 Å². The Morgan fingerprint density at radius 2 is 1.53 bits per heavy atom. The van der Waals surface area contributed by atoms with Crippen molar-refractivity contribution in [3.63, 3.8) is 0 Å². The molecule has 4 amide bonds. The van der Waals surface area contributed by atoms with Gasteiger partial charge in [-0.3, -0.25) is 4.79 Å². The molecule has 2 aromatic rings. The van der Waals surface area contributed by atoms with Gasteiger partial charge in [-0.05, 0) is 52.2 Å². The van der Waals surface area contributed by atoms with Crippen LogP contribution in [0.5, 0.6) is 0 Å². The summed E-state index contributed by atoms with van der Waals surface area (Å²) in [7, 11) is 0. The normalized spacial score (nSPS) is 16.3. The van der Waals surface area contributed by atoms with Gasteiger partial charge in [-0.15, -0.1) is 0 Å². The number of carbonyl (C=O) groups is 4. The number of alkyl carbamates (subject to hydrolysis) is 2. The molecule has 0 spiro atoms. The van der Waals surface area contributed by atoms with Crippen LogP contribution in [0.3, 0.4) is 0 Å². The van der Waals surface area contributed by atoms with E-state index in [0.717, 1.165) is 16.0 Å². The number of rotatable bonds is 8. The van der Waals surface area contributed by atoms with E-state index in [2.05, 4.69) is 10.6 Å². The fourth-order valence-electron chi connectivity index (χ4n) is 3.98. The van der Waals surface area contributed by atoms with E-state index >= 15 is 0 Å². The molecule has 0 aromatic heterocycles. The summed E-state index contributed by atoms with van der Waals surface area (Å²) in [6.07, 6.45) is -2.14. The topological polar surface area (TPSA) is 123 Å². The molecular weight excluding hydrogens is 490 g/mol. The Kier molecular flexibility index (Phi) is 8.98. The highest BCUT2D eigenvalue weighted by atomic mass is 16.6. The van der Waals surface area contributed by atoms with E-state index < -0.39 is 47.4 Å². The lowest BCUT2D eigenvalue weighted by Crippen LogP contribution is -2.66. The maximum absolute atomic E-state index is 13.8. The Balaban J connectivity index is 1.82. The summed E-state index contributed by atoms with van der Waals surface area (Å²) in [6.45, 7) is 8.18. The van der Waals surface area contributed by atoms with Crippen LogP contribution < -0.4 is 10.6 Å². The van der Waals surface area contributed by atoms with E-state index in [0.29, 0.717) is 6.42 Å². The van der Waals surface area contributed by atoms with E-state index in [9.17, 15) is 19.2 Å². The van der Waals surface area contributed by atoms with Crippen LogP contribution in [0.2, 0.25) is 0 Å². The molecule has 10 nitrogen and oxygen atoms in total. The minimum absolute atomic E-state index is 0.00453. The molecule has 2 aromatic carbocycles. The van der Waals surface area contributed by atoms with Gasteiger partial charge in [0.15, 0.2) is 0 Å². The van der Waals surface area contributed by atoms with Crippen molar-refractivity contribution in [2.75, 3.05) is 6.61 Å². The molecule has 204 valence electrons. The van der Waals surface area contributed by atoms with Crippen molar-refractivity contribution in [1.29, 1.82) is 0 Å². The molecule has 10 heteroatoms. The zero-order valence-corrected chi connectivity index (χ0v) is 22.4. The molecule has 1 aliphatic rings. The number of benzene rings is 2. The molecule has 0 aliphatic carbocycles. The maximum Gasteiger partial charge on any atom is 0.417 e. The van der Waals surface area contributed by atoms with Gasteiger partial charge >= 0.3 is 18.3 Å². The molecule has 1 heterocycles. The average Bonchev–Trinajstić information content (AvgIpc) is 3.20. The third-order valence-electron chi connectivity index (χ3n) is 5.78. The van der Waals surface area contributed by atoms with Gasteiger partial charge in [0.1, 0.15) is 24.9 Å². The van der Waals surface area contributed by atoms with Crippen molar-refractivity contribution < 1.29 is 33.4 Å². The number of imide groups is 1. The summed E-state index contributed by atoms with van der Waals surface area (Å²) in [6, 6.07) is 16.4. The molecule has 0 radical (unpaired) electrons. The molecule has 2 atom stereocenters. The van der Waals surface area contributed by atoms with Crippen molar-refractivity contribution in [2.45, 2.75) is 70.9 Å². The van der Waals surface area contributed by atoms with Crippen LogP contribution in [0, 0.1) is 0 Å². The van der Waals surface area contributed by atoms with Gasteiger partial charge in [-0.1, -0.05) is 60.7 Å². The quantitative estimate of drug-likeness (QED) is 0.496. The summed E-state index contributed by atoms with van der Waals surface area (Å²) in [5, 5.41) is 5.19. The lowest BCUT2D eigenvalue weighted by molar-refractivity contribution is -0.133. The van der Waals surface area contributed by atoms with Crippen molar-refractivity contribution in [1.82, 2.24) is 15.5 Å². The number of nitrogens with one attached hydrogen (secondary N) is 2. The first-order valence-corrected chi connectivity index (χ1v) is 12.4. The fourth-order valence-corrected chi connectivity index (χ4v) is 3.98. The minimum Gasteiger partial charge on any atom is -0.447 e. The summed E-state index contributed by atoms with van der Waals surface area (Å²) in [4.78, 5) is 52.9. The zero-order valence-electron chi connectivity index (χ0n) is 22.4. The second kappa shape index (κ2) is 12.0. The number of amides is 4. The number of carbonyl (C=O) groups excluding carboxylic acids is 4. The molecule has 1 aliphatic heterocycles. The monoisotopic (exact) mass is 525 g/mol. The highest BCUT2D eigenvalue weighted by Gasteiger charge is 2.47. The number of hydrogen-bond donors (Lipinski definition) is 2. The third kappa shape index (κ3) is 7.96. The number of ether oxygens (including phenoxy) is 3. The molecule has 0 saturated carbocycles. The van der Waals surface area contributed by atoms with Crippen molar-refractivity contribution in [3.05, 3.63) is 71.8 Å². The van der Waals surface area contributed by atoms with E-state index in [1.54, 1.807) is 46.8 Å². The number of nitrogens with zero attached hydrogens (tertiary/aromatic N) is 1. The Hall–Kier alpha value is -4.08. The van der Waals surface area contributed by atoms with Crippen LogP contribution in [-0.2, 0) is 32.0 Å². The predicted octanol–water partition coefficient (Wildman–Crippen LogP) is 4.17. The third-order valence-corrected chi connectivity index (χ3v) is 5.78. The molecule has 2 N–H and O–H groups in total. The number of cyclic esters (lactones) is 1. The Morgan fingerprint density at radius 3 is 2.11 bits per heavy atom. The standard InChI is InChI=1S/C28H35N3O7/c1-27(2,3)38-25(34)30-28(4,5)22(29-24(33)36-17-20-14-10-7-11-15-20)23(32)31-21(18-37-26(31)35)16-19-12-8-6-9-13-19/h6-15,21-22H,16-18H2,1-5H3,(H,29,33)(H,30,34). The molecule has 1 saturated heterocycles. The lowest BCUT2D eigenvalue weighted by Gasteiger charge is -2.37. The summed E-state index contributed by atoms with van der Waals surface area (Å²) >= 11 is 0. The predicted molar refractivity (Wildman–Crippen MR) is 139 cm³/mol. The van der Waals surface area contributed by atoms with Crippen LogP contribution in [0.25, 0.3) is 0 Å². The van der Waals surface area contributed by atoms with Crippen molar-refractivity contribution >= 4 is 24.2 Å². The van der Waals surface area contributed by atoms with E-state index in [-0.39, 0.29) is 13.2 Å². The van der Waals surface area contributed by atoms with Gasteiger partial charge < -0.3 is 24.8 Å². The maximum atomic E-state index is 13.8. The molecule has 1 fully saturated rings. The summed E-state index contributed by atoms with van der Waals surface area (Å²) in [5.74, 6) is -0.744. The Bertz CT molecular complexity index is 1130. The minimum atomic E-state index is -1.39. The molecule has 38 heavy (non-hydrogen) atoms. The first kappa shape index (κ1) is 28.5. The Morgan fingerprint density at radius 1 is 0.947 bits per heavy atom. The number of hydrogen-bond acceptors (Lipinski definition) is 7. The fraction of sp³-hybridized carbons (Fsp3) is 0.429. The van der Waals surface area contributed by atoms with Crippen LogP contribution in [0.1, 0.15) is 45.7 Å². The second-order valence-electron chi connectivity index (χ2n) is 10.6. The van der Waals surface area contributed by atoms with Crippen LogP contribution in [0.4, 0.5) is 14.4 Å². The summed E-state index contributed by atoms with van der Waals surface area (Å²) < 4.78 is 15.9. The van der Waals surface area contributed by atoms with Crippen LogP contribution >= 0.6 is 0 Å². The van der Waals surface area contributed by atoms with Gasteiger partial charge in [0.25, 0.3) is 5.91 Å².